The van der Waals surface area contributed by atoms with Crippen molar-refractivity contribution in [3.8, 4) is 5.75 Å². The Morgan fingerprint density at radius 3 is 2.88 bits per heavy atom. The Hall–Kier alpha value is -2.60. The Kier molecular flexibility index (Phi) is 5.85. The van der Waals surface area contributed by atoms with Gasteiger partial charge in [-0.1, -0.05) is 6.07 Å². The van der Waals surface area contributed by atoms with Crippen LogP contribution in [0, 0.1) is 0 Å². The van der Waals surface area contributed by atoms with Crippen molar-refractivity contribution in [2.24, 2.45) is 0 Å². The van der Waals surface area contributed by atoms with E-state index < -0.39 is 0 Å². The van der Waals surface area contributed by atoms with Crippen molar-refractivity contribution in [3.63, 3.8) is 0 Å². The van der Waals surface area contributed by atoms with Gasteiger partial charge in [0.1, 0.15) is 11.8 Å². The third-order valence-corrected chi connectivity index (χ3v) is 4.34. The van der Waals surface area contributed by atoms with Crippen LogP contribution in [0.15, 0.2) is 48.7 Å². The topological polar surface area (TPSA) is 66.5 Å². The fourth-order valence-electron chi connectivity index (χ4n) is 2.94. The molecule has 6 nitrogen and oxygen atoms in total. The smallest absolute Gasteiger partial charge is 0.238 e. The number of methoxy groups -OCH3 is 1. The van der Waals surface area contributed by atoms with Gasteiger partial charge in [-0.3, -0.25) is 9.78 Å². The molecule has 25 heavy (non-hydrogen) atoms. The van der Waals surface area contributed by atoms with Crippen LogP contribution in [-0.2, 0) is 11.2 Å². The summed E-state index contributed by atoms with van der Waals surface area (Å²) in [6.07, 6.45) is 2.51. The maximum Gasteiger partial charge on any atom is 0.238 e. The van der Waals surface area contributed by atoms with Crippen molar-refractivity contribution in [3.05, 3.63) is 54.4 Å². The molecule has 1 atom stereocenters. The van der Waals surface area contributed by atoms with Gasteiger partial charge in [-0.05, 0) is 36.4 Å². The number of anilines is 1. The van der Waals surface area contributed by atoms with Crippen LogP contribution in [-0.4, -0.2) is 50.2 Å². The number of pyridine rings is 1. The molecule has 0 bridgehead atoms. The molecule has 0 spiro atoms. The number of nitrogens with one attached hydrogen (secondary N) is 2. The fraction of sp³-hybridized carbons (Fsp3) is 0.368. The molecule has 132 valence electrons. The van der Waals surface area contributed by atoms with Crippen LogP contribution < -0.4 is 20.3 Å². The highest BCUT2D eigenvalue weighted by Gasteiger charge is 2.25. The molecule has 1 saturated heterocycles. The summed E-state index contributed by atoms with van der Waals surface area (Å²) in [5.41, 5.74) is 2.09. The Morgan fingerprint density at radius 2 is 2.16 bits per heavy atom. The van der Waals surface area contributed by atoms with Crippen molar-refractivity contribution in [1.82, 2.24) is 15.6 Å². The Balaban J connectivity index is 1.50. The second kappa shape index (κ2) is 8.48. The van der Waals surface area contributed by atoms with Crippen LogP contribution in [0.1, 0.15) is 5.69 Å². The predicted molar refractivity (Wildman–Crippen MR) is 97.9 cm³/mol. The van der Waals surface area contributed by atoms with E-state index in [0.29, 0.717) is 13.1 Å². The van der Waals surface area contributed by atoms with E-state index in [-0.39, 0.29) is 11.9 Å². The highest BCUT2D eigenvalue weighted by Crippen LogP contribution is 2.20. The number of carbonyl (C=O) groups excluding carboxylic acids is 1. The molecule has 2 N–H and O–H groups in total. The molecular formula is C19H24N4O2. The van der Waals surface area contributed by atoms with Gasteiger partial charge in [0.05, 0.1) is 7.11 Å². The summed E-state index contributed by atoms with van der Waals surface area (Å²) >= 11 is 0. The summed E-state index contributed by atoms with van der Waals surface area (Å²) in [5, 5.41) is 6.30. The molecule has 0 aliphatic carbocycles. The molecular weight excluding hydrogens is 316 g/mol. The largest absolute Gasteiger partial charge is 0.497 e. The minimum atomic E-state index is -0.209. The van der Waals surface area contributed by atoms with Gasteiger partial charge in [-0.2, -0.15) is 0 Å². The molecule has 0 radical (unpaired) electrons. The quantitative estimate of drug-likeness (QED) is 0.828. The monoisotopic (exact) mass is 340 g/mol. The molecule has 0 unspecified atom stereocenters. The number of rotatable bonds is 6. The summed E-state index contributed by atoms with van der Waals surface area (Å²) < 4.78 is 5.20. The number of hydrogen-bond donors (Lipinski definition) is 2. The molecule has 2 aromatic rings. The van der Waals surface area contributed by atoms with E-state index in [4.69, 9.17) is 4.74 Å². The second-order valence-electron chi connectivity index (χ2n) is 6.01. The van der Waals surface area contributed by atoms with Crippen LogP contribution in [0.3, 0.4) is 0 Å². The van der Waals surface area contributed by atoms with Crippen molar-refractivity contribution in [2.45, 2.75) is 12.5 Å². The van der Waals surface area contributed by atoms with Crippen molar-refractivity contribution in [1.29, 1.82) is 0 Å². The number of benzene rings is 1. The van der Waals surface area contributed by atoms with E-state index >= 15 is 0 Å². The van der Waals surface area contributed by atoms with Gasteiger partial charge in [-0.25, -0.2) is 0 Å². The van der Waals surface area contributed by atoms with Crippen molar-refractivity contribution < 1.29 is 9.53 Å². The lowest BCUT2D eigenvalue weighted by Gasteiger charge is -2.34. The van der Waals surface area contributed by atoms with Crippen LogP contribution in [0.2, 0.25) is 0 Å². The molecule has 1 aromatic carbocycles. The standard InChI is InChI=1S/C19H24N4O2/c1-25-17-7-5-16(6-8-17)23-13-12-21-18(14-23)19(24)22-11-9-15-4-2-3-10-20-15/h2-8,10,18,21H,9,11-14H2,1H3,(H,22,24)/t18-/m1/s1. The van der Waals surface area contributed by atoms with E-state index in [1.165, 1.54) is 0 Å². The van der Waals surface area contributed by atoms with Gasteiger partial charge in [0, 0.05) is 50.2 Å². The summed E-state index contributed by atoms with van der Waals surface area (Å²) in [6.45, 7) is 2.91. The lowest BCUT2D eigenvalue weighted by atomic mass is 10.1. The van der Waals surface area contributed by atoms with Gasteiger partial charge in [0.2, 0.25) is 5.91 Å². The predicted octanol–water partition coefficient (Wildman–Crippen LogP) is 1.23. The van der Waals surface area contributed by atoms with Gasteiger partial charge in [0.15, 0.2) is 0 Å². The third kappa shape index (κ3) is 4.70. The molecule has 2 heterocycles. The minimum absolute atomic E-state index is 0.0362. The average molecular weight is 340 g/mol. The number of hydrogen-bond acceptors (Lipinski definition) is 5. The van der Waals surface area contributed by atoms with Gasteiger partial charge in [-0.15, -0.1) is 0 Å². The highest BCUT2D eigenvalue weighted by molar-refractivity contribution is 5.82. The first-order valence-electron chi connectivity index (χ1n) is 8.56. The lowest BCUT2D eigenvalue weighted by Crippen LogP contribution is -2.57. The molecule has 1 amide bonds. The number of aromatic nitrogens is 1. The van der Waals surface area contributed by atoms with Crippen LogP contribution in [0.5, 0.6) is 5.75 Å². The highest BCUT2D eigenvalue weighted by atomic mass is 16.5. The Morgan fingerprint density at radius 1 is 1.32 bits per heavy atom. The number of ether oxygens (including phenoxy) is 1. The maximum atomic E-state index is 12.4. The summed E-state index contributed by atoms with van der Waals surface area (Å²) in [5.74, 6) is 0.872. The SMILES string of the molecule is COc1ccc(N2CCN[C@@H](C(=O)NCCc3ccccn3)C2)cc1. The van der Waals surface area contributed by atoms with Gasteiger partial charge in [0.25, 0.3) is 0 Å². The first-order chi connectivity index (χ1) is 12.3. The van der Waals surface area contributed by atoms with Crippen molar-refractivity contribution in [2.75, 3.05) is 38.2 Å². The molecule has 1 aliphatic heterocycles. The molecule has 6 heteroatoms. The number of carbonyl (C=O) groups is 1. The lowest BCUT2D eigenvalue weighted by molar-refractivity contribution is -0.123. The number of piperazine rings is 1. The summed E-state index contributed by atoms with van der Waals surface area (Å²) in [7, 11) is 1.66. The first kappa shape index (κ1) is 17.2. The normalized spacial score (nSPS) is 17.2. The van der Waals surface area contributed by atoms with E-state index in [9.17, 15) is 4.79 Å². The van der Waals surface area contributed by atoms with Crippen molar-refractivity contribution >= 4 is 11.6 Å². The maximum absolute atomic E-state index is 12.4. The molecule has 1 aromatic heterocycles. The Bertz CT molecular complexity index is 676. The third-order valence-electron chi connectivity index (χ3n) is 4.34. The van der Waals surface area contributed by atoms with E-state index in [1.807, 2.05) is 42.5 Å². The summed E-state index contributed by atoms with van der Waals surface area (Å²) in [4.78, 5) is 18.9. The molecule has 3 rings (SSSR count). The zero-order chi connectivity index (χ0) is 17.5. The second-order valence-corrected chi connectivity index (χ2v) is 6.01. The van der Waals surface area contributed by atoms with E-state index in [1.54, 1.807) is 13.3 Å². The van der Waals surface area contributed by atoms with Crippen LogP contribution >= 0.6 is 0 Å². The molecule has 1 fully saturated rings. The first-order valence-corrected chi connectivity index (χ1v) is 8.56. The fourth-order valence-corrected chi connectivity index (χ4v) is 2.94. The zero-order valence-electron chi connectivity index (χ0n) is 14.4. The summed E-state index contributed by atoms with van der Waals surface area (Å²) in [6, 6.07) is 13.6. The number of nitrogens with zero attached hydrogens (tertiary/aromatic N) is 2. The van der Waals surface area contributed by atoms with Crippen LogP contribution in [0.25, 0.3) is 0 Å². The van der Waals surface area contributed by atoms with E-state index in [2.05, 4.69) is 20.5 Å². The zero-order valence-corrected chi connectivity index (χ0v) is 14.4. The Labute approximate surface area is 148 Å². The van der Waals surface area contributed by atoms with Gasteiger partial charge < -0.3 is 20.3 Å². The number of amides is 1. The molecule has 1 aliphatic rings. The average Bonchev–Trinajstić information content (AvgIpc) is 2.69. The molecule has 0 saturated carbocycles. The van der Waals surface area contributed by atoms with E-state index in [0.717, 1.165) is 36.6 Å². The van der Waals surface area contributed by atoms with Crippen LogP contribution in [0.4, 0.5) is 5.69 Å². The minimum Gasteiger partial charge on any atom is -0.497 e. The van der Waals surface area contributed by atoms with Gasteiger partial charge >= 0.3 is 0 Å².